The van der Waals surface area contributed by atoms with Gasteiger partial charge in [0.25, 0.3) is 0 Å². The Kier molecular flexibility index (Phi) is 6.98. The Morgan fingerprint density at radius 2 is 1.88 bits per heavy atom. The second kappa shape index (κ2) is 8.40. The van der Waals surface area contributed by atoms with Gasteiger partial charge in [-0.2, -0.15) is 0 Å². The van der Waals surface area contributed by atoms with E-state index in [2.05, 4.69) is 24.2 Å². The number of H-pyrrole nitrogens is 1. The zero-order valence-corrected chi connectivity index (χ0v) is 10.5. The summed E-state index contributed by atoms with van der Waals surface area (Å²) in [6, 6.07) is 2.31. The van der Waals surface area contributed by atoms with Gasteiger partial charge in [-0.3, -0.25) is 0 Å². The van der Waals surface area contributed by atoms with Gasteiger partial charge in [-0.25, -0.2) is 0 Å². The molecule has 0 aromatic carbocycles. The molecule has 0 aliphatic heterocycles. The zero-order chi connectivity index (χ0) is 11.6. The molecule has 0 saturated heterocycles. The van der Waals surface area contributed by atoms with Gasteiger partial charge < -0.3 is 10.1 Å². The first-order chi connectivity index (χ1) is 7.86. The van der Waals surface area contributed by atoms with Crippen LogP contribution in [0.5, 0.6) is 0 Å². The van der Waals surface area contributed by atoms with Gasteiger partial charge in [0.15, 0.2) is 0 Å². The summed E-state index contributed by atoms with van der Waals surface area (Å²) in [7, 11) is 0. The molecule has 0 aliphatic carbocycles. The number of hydrogen-bond acceptors (Lipinski definition) is 1. The molecule has 0 saturated carbocycles. The molecule has 0 atom stereocenters. The Hall–Kier alpha value is -0.760. The first-order valence-electron chi connectivity index (χ1n) is 6.64. The Balaban J connectivity index is 2.14. The molecule has 0 bridgehead atoms. The largest absolute Gasteiger partial charge is 0.396 e. The van der Waals surface area contributed by atoms with Crippen LogP contribution in [0.25, 0.3) is 0 Å². The average molecular weight is 223 g/mol. The lowest BCUT2D eigenvalue weighted by Crippen LogP contribution is -1.86. The maximum Gasteiger partial charge on any atom is 0.0431 e. The van der Waals surface area contributed by atoms with Crippen LogP contribution in [0.2, 0.25) is 0 Å². The van der Waals surface area contributed by atoms with Gasteiger partial charge in [-0.1, -0.05) is 26.2 Å². The van der Waals surface area contributed by atoms with Crippen molar-refractivity contribution in [2.24, 2.45) is 0 Å². The molecule has 0 spiro atoms. The van der Waals surface area contributed by atoms with Crippen LogP contribution in [0.1, 0.15) is 56.7 Å². The van der Waals surface area contributed by atoms with Crippen LogP contribution < -0.4 is 0 Å². The Morgan fingerprint density at radius 1 is 1.06 bits per heavy atom. The number of hydrogen-bond donors (Lipinski definition) is 2. The minimum atomic E-state index is 0.339. The van der Waals surface area contributed by atoms with Crippen LogP contribution in [-0.2, 0) is 12.8 Å². The topological polar surface area (TPSA) is 36.0 Å². The van der Waals surface area contributed by atoms with Crippen molar-refractivity contribution in [3.05, 3.63) is 23.5 Å². The molecule has 0 aliphatic rings. The first-order valence-corrected chi connectivity index (χ1v) is 6.64. The monoisotopic (exact) mass is 223 g/mol. The van der Waals surface area contributed by atoms with Crippen molar-refractivity contribution in [1.29, 1.82) is 0 Å². The number of aliphatic hydroxyl groups is 1. The molecular weight excluding hydrogens is 198 g/mol. The fourth-order valence-corrected chi connectivity index (χ4v) is 1.94. The molecule has 2 N–H and O–H groups in total. The summed E-state index contributed by atoms with van der Waals surface area (Å²) in [5.41, 5.74) is 2.82. The summed E-state index contributed by atoms with van der Waals surface area (Å²) >= 11 is 0. The van der Waals surface area contributed by atoms with Crippen molar-refractivity contribution in [2.45, 2.75) is 58.3 Å². The minimum absolute atomic E-state index is 0.339. The fraction of sp³-hybridized carbons (Fsp3) is 0.714. The van der Waals surface area contributed by atoms with E-state index in [9.17, 15) is 0 Å². The summed E-state index contributed by atoms with van der Waals surface area (Å²) in [5.74, 6) is 0. The molecule has 1 aromatic rings. The maximum absolute atomic E-state index is 8.66. The average Bonchev–Trinajstić information content (AvgIpc) is 2.74. The molecule has 16 heavy (non-hydrogen) atoms. The van der Waals surface area contributed by atoms with Crippen molar-refractivity contribution in [2.75, 3.05) is 6.61 Å². The first kappa shape index (κ1) is 13.3. The predicted molar refractivity (Wildman–Crippen MR) is 68.7 cm³/mol. The molecule has 0 amide bonds. The smallest absolute Gasteiger partial charge is 0.0431 e. The highest BCUT2D eigenvalue weighted by Crippen LogP contribution is 2.11. The number of aryl methyl sites for hydroxylation is 2. The maximum atomic E-state index is 8.66. The second-order valence-corrected chi connectivity index (χ2v) is 4.52. The number of aromatic amines is 1. The summed E-state index contributed by atoms with van der Waals surface area (Å²) in [5, 5.41) is 8.66. The standard InChI is InChI=1S/C14H25NO/c1-2-3-9-14-11-13(12-15-14)8-6-4-5-7-10-16/h11-12,15-16H,2-10H2,1H3. The van der Waals surface area contributed by atoms with Gasteiger partial charge in [0.2, 0.25) is 0 Å². The van der Waals surface area contributed by atoms with Crippen LogP contribution >= 0.6 is 0 Å². The van der Waals surface area contributed by atoms with Gasteiger partial charge in [0.05, 0.1) is 0 Å². The number of rotatable bonds is 9. The molecule has 0 fully saturated rings. The van der Waals surface area contributed by atoms with Crippen molar-refractivity contribution in [3.8, 4) is 0 Å². The third kappa shape index (κ3) is 5.36. The van der Waals surface area contributed by atoms with E-state index in [-0.39, 0.29) is 0 Å². The van der Waals surface area contributed by atoms with Crippen molar-refractivity contribution in [3.63, 3.8) is 0 Å². The van der Waals surface area contributed by atoms with E-state index < -0.39 is 0 Å². The lowest BCUT2D eigenvalue weighted by atomic mass is 10.1. The van der Waals surface area contributed by atoms with Crippen LogP contribution in [0.4, 0.5) is 0 Å². The van der Waals surface area contributed by atoms with Crippen LogP contribution in [0, 0.1) is 0 Å². The van der Waals surface area contributed by atoms with Gasteiger partial charge in [0.1, 0.15) is 0 Å². The van der Waals surface area contributed by atoms with Crippen molar-refractivity contribution in [1.82, 2.24) is 4.98 Å². The molecule has 1 heterocycles. The van der Waals surface area contributed by atoms with Crippen LogP contribution in [0.3, 0.4) is 0 Å². The SMILES string of the molecule is CCCCc1cc(CCCCCCO)c[nH]1. The predicted octanol–water partition coefficient (Wildman–Crippen LogP) is 3.45. The molecular formula is C14H25NO. The molecule has 0 unspecified atom stereocenters. The third-order valence-corrected chi connectivity index (χ3v) is 2.98. The molecule has 2 nitrogen and oxygen atoms in total. The fourth-order valence-electron chi connectivity index (χ4n) is 1.94. The van der Waals surface area contributed by atoms with E-state index in [1.54, 1.807) is 0 Å². The van der Waals surface area contributed by atoms with E-state index in [1.807, 2.05) is 0 Å². The summed E-state index contributed by atoms with van der Waals surface area (Å²) < 4.78 is 0. The summed E-state index contributed by atoms with van der Waals surface area (Å²) in [4.78, 5) is 3.35. The molecule has 1 aromatic heterocycles. The van der Waals surface area contributed by atoms with E-state index >= 15 is 0 Å². The van der Waals surface area contributed by atoms with Gasteiger partial charge in [0, 0.05) is 18.5 Å². The lowest BCUT2D eigenvalue weighted by Gasteiger charge is -1.98. The molecule has 0 radical (unpaired) electrons. The third-order valence-electron chi connectivity index (χ3n) is 2.98. The number of unbranched alkanes of at least 4 members (excludes halogenated alkanes) is 4. The van der Waals surface area contributed by atoms with Crippen LogP contribution in [0.15, 0.2) is 12.3 Å². The minimum Gasteiger partial charge on any atom is -0.396 e. The highest BCUT2D eigenvalue weighted by molar-refractivity contribution is 5.16. The van der Waals surface area contributed by atoms with Crippen molar-refractivity contribution >= 4 is 0 Å². The second-order valence-electron chi connectivity index (χ2n) is 4.52. The van der Waals surface area contributed by atoms with Crippen LogP contribution in [-0.4, -0.2) is 16.7 Å². The molecule has 2 heteroatoms. The Morgan fingerprint density at radius 3 is 2.62 bits per heavy atom. The van der Waals surface area contributed by atoms with Crippen molar-refractivity contribution < 1.29 is 5.11 Å². The van der Waals surface area contributed by atoms with Gasteiger partial charge in [-0.05, 0) is 43.7 Å². The Labute approximate surface area is 99.1 Å². The van der Waals surface area contributed by atoms with Gasteiger partial charge in [-0.15, -0.1) is 0 Å². The van der Waals surface area contributed by atoms with E-state index in [1.165, 1.54) is 49.8 Å². The number of nitrogens with one attached hydrogen (secondary N) is 1. The normalized spacial score (nSPS) is 10.9. The highest BCUT2D eigenvalue weighted by atomic mass is 16.2. The zero-order valence-electron chi connectivity index (χ0n) is 10.5. The number of aliphatic hydroxyl groups excluding tert-OH is 1. The van der Waals surface area contributed by atoms with E-state index in [4.69, 9.17) is 5.11 Å². The lowest BCUT2D eigenvalue weighted by molar-refractivity contribution is 0.282. The summed E-state index contributed by atoms with van der Waals surface area (Å²) in [6.45, 7) is 2.57. The molecule has 92 valence electrons. The highest BCUT2D eigenvalue weighted by Gasteiger charge is 1.99. The number of aromatic nitrogens is 1. The van der Waals surface area contributed by atoms with E-state index in [0.717, 1.165) is 12.8 Å². The summed E-state index contributed by atoms with van der Waals surface area (Å²) in [6.07, 6.45) is 11.6. The quantitative estimate of drug-likeness (QED) is 0.618. The van der Waals surface area contributed by atoms with Gasteiger partial charge >= 0.3 is 0 Å². The van der Waals surface area contributed by atoms with E-state index in [0.29, 0.717) is 6.61 Å². The Bertz CT molecular complexity index is 267. The molecule has 1 rings (SSSR count).